The van der Waals surface area contributed by atoms with E-state index in [4.69, 9.17) is 15.2 Å². The smallest absolute Gasteiger partial charge is 0.254 e. The minimum atomic E-state index is 0. The van der Waals surface area contributed by atoms with Crippen molar-refractivity contribution in [2.75, 3.05) is 26.3 Å². The lowest BCUT2D eigenvalue weighted by Crippen LogP contribution is -2.42. The summed E-state index contributed by atoms with van der Waals surface area (Å²) in [7, 11) is 0. The first-order chi connectivity index (χ1) is 10.6. The zero-order chi connectivity index (χ0) is 15.7. The van der Waals surface area contributed by atoms with Crippen LogP contribution in [0.2, 0.25) is 0 Å². The molecule has 0 saturated carbocycles. The van der Waals surface area contributed by atoms with Gasteiger partial charge in [-0.1, -0.05) is 0 Å². The molecule has 23 heavy (non-hydrogen) atoms. The first kappa shape index (κ1) is 18.4. The van der Waals surface area contributed by atoms with Crippen molar-refractivity contribution in [1.29, 1.82) is 0 Å². The lowest BCUT2D eigenvalue weighted by Gasteiger charge is -2.34. The number of carbonyl (C=O) groups excluding carboxylic acids is 1. The van der Waals surface area contributed by atoms with Crippen LogP contribution in [0.5, 0.6) is 11.5 Å². The van der Waals surface area contributed by atoms with Crippen molar-refractivity contribution in [3.8, 4) is 11.5 Å². The van der Waals surface area contributed by atoms with Crippen LogP contribution in [-0.2, 0) is 0 Å². The third-order valence-corrected chi connectivity index (χ3v) is 5.00. The van der Waals surface area contributed by atoms with Gasteiger partial charge in [-0.15, -0.1) is 12.4 Å². The number of amides is 1. The number of halogens is 2. The normalized spacial score (nSPS) is 19.0. The van der Waals surface area contributed by atoms with Crippen LogP contribution >= 0.6 is 28.3 Å². The molecule has 3 rings (SSSR count). The van der Waals surface area contributed by atoms with E-state index in [0.717, 1.165) is 30.4 Å². The van der Waals surface area contributed by atoms with Crippen LogP contribution in [0.3, 0.4) is 0 Å². The summed E-state index contributed by atoms with van der Waals surface area (Å²) in [6.45, 7) is 4.61. The van der Waals surface area contributed by atoms with Crippen LogP contribution in [0.4, 0.5) is 0 Å². The fourth-order valence-electron chi connectivity index (χ4n) is 3.05. The molecule has 0 aromatic heterocycles. The van der Waals surface area contributed by atoms with Crippen molar-refractivity contribution in [2.24, 2.45) is 11.7 Å². The molecule has 128 valence electrons. The summed E-state index contributed by atoms with van der Waals surface area (Å²) in [6, 6.07) is 3.79. The van der Waals surface area contributed by atoms with Gasteiger partial charge in [-0.05, 0) is 53.7 Å². The summed E-state index contributed by atoms with van der Waals surface area (Å²) in [5.41, 5.74) is 6.59. The average Bonchev–Trinajstić information content (AvgIpc) is 2.54. The quantitative estimate of drug-likeness (QED) is 0.822. The molecule has 0 aliphatic carbocycles. The molecular formula is C16H22BrClN2O3. The topological polar surface area (TPSA) is 64.8 Å². The molecular weight excluding hydrogens is 384 g/mol. The Morgan fingerprint density at radius 3 is 2.61 bits per heavy atom. The Bertz CT molecular complexity index is 575. The maximum absolute atomic E-state index is 12.7. The second-order valence-corrected chi connectivity index (χ2v) is 6.83. The molecule has 1 aromatic carbocycles. The van der Waals surface area contributed by atoms with Crippen molar-refractivity contribution in [2.45, 2.75) is 25.8 Å². The number of ether oxygens (including phenoxy) is 2. The summed E-state index contributed by atoms with van der Waals surface area (Å²) in [4.78, 5) is 14.6. The van der Waals surface area contributed by atoms with E-state index in [9.17, 15) is 4.79 Å². The van der Waals surface area contributed by atoms with E-state index < -0.39 is 0 Å². The Balaban J connectivity index is 0.00000192. The molecule has 1 aromatic rings. The van der Waals surface area contributed by atoms with E-state index in [-0.39, 0.29) is 24.4 Å². The first-order valence-corrected chi connectivity index (χ1v) is 8.49. The fourth-order valence-corrected chi connectivity index (χ4v) is 3.60. The van der Waals surface area contributed by atoms with Crippen molar-refractivity contribution in [3.63, 3.8) is 0 Å². The average molecular weight is 406 g/mol. The lowest BCUT2D eigenvalue weighted by atomic mass is 9.90. The Morgan fingerprint density at radius 1 is 1.30 bits per heavy atom. The third-order valence-electron chi connectivity index (χ3n) is 4.41. The Morgan fingerprint density at radius 2 is 1.96 bits per heavy atom. The molecule has 2 heterocycles. The summed E-state index contributed by atoms with van der Waals surface area (Å²) in [6.07, 6.45) is 1.93. The Kier molecular flexibility index (Phi) is 6.17. The summed E-state index contributed by atoms with van der Waals surface area (Å²) in [5.74, 6) is 1.87. The number of hydrogen-bond acceptors (Lipinski definition) is 4. The van der Waals surface area contributed by atoms with Crippen LogP contribution in [0.15, 0.2) is 16.6 Å². The standard InChI is InChI=1S/C16H21BrN2O3.ClH/c1-10(18)11-2-4-19(5-3-11)16(20)12-8-13(17)15-14(9-12)21-6-7-22-15;/h8-11H,2-7,18H2,1H3;1H. The van der Waals surface area contributed by atoms with E-state index in [2.05, 4.69) is 15.9 Å². The molecule has 1 atom stereocenters. The second-order valence-electron chi connectivity index (χ2n) is 5.97. The molecule has 0 bridgehead atoms. The highest BCUT2D eigenvalue weighted by Gasteiger charge is 2.27. The molecule has 1 amide bonds. The van der Waals surface area contributed by atoms with Crippen molar-refractivity contribution in [1.82, 2.24) is 4.90 Å². The number of benzene rings is 1. The SMILES string of the molecule is CC(N)C1CCN(C(=O)c2cc(Br)c3c(c2)OCCO3)CC1.Cl. The molecule has 2 N–H and O–H groups in total. The molecule has 2 aliphatic heterocycles. The van der Waals surface area contributed by atoms with E-state index in [1.807, 2.05) is 17.9 Å². The molecule has 1 fully saturated rings. The zero-order valence-electron chi connectivity index (χ0n) is 13.1. The fraction of sp³-hybridized carbons (Fsp3) is 0.562. The number of carbonyl (C=O) groups is 1. The van der Waals surface area contributed by atoms with E-state index in [1.165, 1.54) is 0 Å². The lowest BCUT2D eigenvalue weighted by molar-refractivity contribution is 0.0680. The molecule has 1 unspecified atom stereocenters. The van der Waals surface area contributed by atoms with Crippen molar-refractivity contribution in [3.05, 3.63) is 22.2 Å². The number of piperidine rings is 1. The predicted molar refractivity (Wildman–Crippen MR) is 94.7 cm³/mol. The minimum Gasteiger partial charge on any atom is -0.486 e. The molecule has 0 radical (unpaired) electrons. The molecule has 2 aliphatic rings. The Hall–Kier alpha value is -0.980. The zero-order valence-corrected chi connectivity index (χ0v) is 15.5. The van der Waals surface area contributed by atoms with Gasteiger partial charge in [0.2, 0.25) is 0 Å². The number of likely N-dealkylation sites (tertiary alicyclic amines) is 1. The first-order valence-electron chi connectivity index (χ1n) is 7.70. The van der Waals surface area contributed by atoms with Gasteiger partial charge in [0.05, 0.1) is 4.47 Å². The highest BCUT2D eigenvalue weighted by Crippen LogP contribution is 2.39. The van der Waals surface area contributed by atoms with Crippen molar-refractivity contribution >= 4 is 34.2 Å². The van der Waals surface area contributed by atoms with Gasteiger partial charge in [0.25, 0.3) is 5.91 Å². The van der Waals surface area contributed by atoms with E-state index in [1.54, 1.807) is 6.07 Å². The largest absolute Gasteiger partial charge is 0.486 e. The predicted octanol–water partition coefficient (Wildman–Crippen LogP) is 2.84. The maximum Gasteiger partial charge on any atom is 0.254 e. The van der Waals surface area contributed by atoms with Gasteiger partial charge in [-0.2, -0.15) is 0 Å². The van der Waals surface area contributed by atoms with Gasteiger partial charge in [0.15, 0.2) is 11.5 Å². The minimum absolute atomic E-state index is 0. The molecule has 0 spiro atoms. The van der Waals surface area contributed by atoms with Gasteiger partial charge >= 0.3 is 0 Å². The molecule has 7 heteroatoms. The number of nitrogens with two attached hydrogens (primary N) is 1. The van der Waals surface area contributed by atoms with E-state index >= 15 is 0 Å². The van der Waals surface area contributed by atoms with Gasteiger partial charge in [-0.3, -0.25) is 4.79 Å². The van der Waals surface area contributed by atoms with Crippen molar-refractivity contribution < 1.29 is 14.3 Å². The summed E-state index contributed by atoms with van der Waals surface area (Å²) in [5, 5.41) is 0. The molecule has 5 nitrogen and oxygen atoms in total. The van der Waals surface area contributed by atoms with Gasteiger partial charge in [-0.25, -0.2) is 0 Å². The van der Waals surface area contributed by atoms with Gasteiger partial charge in [0, 0.05) is 24.7 Å². The van der Waals surface area contributed by atoms with Crippen LogP contribution in [-0.4, -0.2) is 43.2 Å². The van der Waals surface area contributed by atoms with Crippen LogP contribution < -0.4 is 15.2 Å². The number of nitrogens with zero attached hydrogens (tertiary/aromatic N) is 1. The number of fused-ring (bicyclic) bond motifs is 1. The molecule has 1 saturated heterocycles. The third kappa shape index (κ3) is 3.92. The summed E-state index contributed by atoms with van der Waals surface area (Å²) < 4.78 is 11.9. The second kappa shape index (κ2) is 7.73. The highest BCUT2D eigenvalue weighted by atomic mass is 79.9. The van der Waals surface area contributed by atoms with Crippen LogP contribution in [0.25, 0.3) is 0 Å². The van der Waals surface area contributed by atoms with E-state index in [0.29, 0.717) is 36.2 Å². The number of hydrogen-bond donors (Lipinski definition) is 1. The Labute approximate surface area is 151 Å². The maximum atomic E-state index is 12.7. The monoisotopic (exact) mass is 404 g/mol. The van der Waals surface area contributed by atoms with Crippen LogP contribution in [0.1, 0.15) is 30.1 Å². The van der Waals surface area contributed by atoms with Crippen LogP contribution in [0, 0.1) is 5.92 Å². The summed E-state index contributed by atoms with van der Waals surface area (Å²) >= 11 is 3.46. The van der Waals surface area contributed by atoms with Gasteiger partial charge in [0.1, 0.15) is 13.2 Å². The number of rotatable bonds is 2. The van der Waals surface area contributed by atoms with Gasteiger partial charge < -0.3 is 20.1 Å². The highest BCUT2D eigenvalue weighted by molar-refractivity contribution is 9.10.